The maximum atomic E-state index is 11.6. The largest absolute Gasteiger partial charge is 0.508 e. The molecule has 0 bridgehead atoms. The number of aromatic hydroxyl groups is 2. The summed E-state index contributed by atoms with van der Waals surface area (Å²) >= 11 is 0. The first-order valence-corrected chi connectivity index (χ1v) is 24.3. The van der Waals surface area contributed by atoms with Gasteiger partial charge in [-0.25, -0.2) is 4.79 Å². The van der Waals surface area contributed by atoms with Crippen LogP contribution in [0.15, 0.2) is 158 Å². The summed E-state index contributed by atoms with van der Waals surface area (Å²) in [5.74, 6) is 1.58. The molecule has 16 heteroatoms. The normalized spacial score (nSPS) is 18.4. The van der Waals surface area contributed by atoms with Crippen molar-refractivity contribution in [2.24, 2.45) is 5.73 Å². The number of nitrogens with two attached hydrogens (primary N) is 1. The molecule has 16 nitrogen and oxygen atoms in total. The van der Waals surface area contributed by atoms with Crippen LogP contribution in [-0.4, -0.2) is 61.1 Å². The fourth-order valence-corrected chi connectivity index (χ4v) is 7.10. The Morgan fingerprint density at radius 3 is 1.24 bits per heavy atom. The number of phenolic OH excluding ortho intramolecular Hbond substituents is 2. The number of ether oxygens (including phenoxy) is 1. The van der Waals surface area contributed by atoms with Crippen molar-refractivity contribution in [1.82, 2.24) is 5.32 Å². The number of nitro groups is 3. The van der Waals surface area contributed by atoms with E-state index in [2.05, 4.69) is 67.7 Å². The van der Waals surface area contributed by atoms with Gasteiger partial charge in [0, 0.05) is 53.0 Å². The molecular formula is C59H67N5O11. The van der Waals surface area contributed by atoms with E-state index in [-0.39, 0.29) is 40.5 Å². The van der Waals surface area contributed by atoms with Gasteiger partial charge in [0.25, 0.3) is 0 Å². The third-order valence-corrected chi connectivity index (χ3v) is 11.7. The van der Waals surface area contributed by atoms with E-state index in [1.807, 2.05) is 83.1 Å². The molecule has 0 heterocycles. The van der Waals surface area contributed by atoms with Crippen LogP contribution in [0.1, 0.15) is 118 Å². The highest BCUT2D eigenvalue weighted by atomic mass is 16.6. The van der Waals surface area contributed by atoms with Crippen LogP contribution < -0.4 is 11.1 Å². The van der Waals surface area contributed by atoms with Gasteiger partial charge in [-0.2, -0.15) is 0 Å². The predicted molar refractivity (Wildman–Crippen MR) is 292 cm³/mol. The lowest BCUT2D eigenvalue weighted by molar-refractivity contribution is -0.496. The van der Waals surface area contributed by atoms with Gasteiger partial charge in [-0.3, -0.25) is 35.1 Å². The molecule has 9 rings (SSSR count). The number of hydrogen-bond donors (Lipinski definition) is 4. The van der Waals surface area contributed by atoms with Crippen molar-refractivity contribution in [3.8, 4) is 11.5 Å². The fourth-order valence-electron chi connectivity index (χ4n) is 7.10. The van der Waals surface area contributed by atoms with Crippen LogP contribution in [0.2, 0.25) is 0 Å². The van der Waals surface area contributed by atoms with Crippen molar-refractivity contribution >= 4 is 24.5 Å². The van der Waals surface area contributed by atoms with Crippen molar-refractivity contribution < 1.29 is 39.3 Å². The highest BCUT2D eigenvalue weighted by molar-refractivity contribution is 5.74. The molecule has 3 fully saturated rings. The minimum atomic E-state index is -0.535. The van der Waals surface area contributed by atoms with Crippen LogP contribution in [0.5, 0.6) is 11.5 Å². The molecular weight excluding hydrogens is 955 g/mol. The maximum Gasteiger partial charge on any atom is 0.407 e. The van der Waals surface area contributed by atoms with E-state index in [9.17, 15) is 39.9 Å². The summed E-state index contributed by atoms with van der Waals surface area (Å²) < 4.78 is 5.24. The van der Waals surface area contributed by atoms with Gasteiger partial charge in [-0.15, -0.1) is 0 Å². The maximum absolute atomic E-state index is 11.6. The first-order valence-electron chi connectivity index (χ1n) is 24.3. The number of benzene rings is 6. The molecule has 5 N–H and O–H groups in total. The van der Waals surface area contributed by atoms with Crippen molar-refractivity contribution in [2.75, 3.05) is 0 Å². The van der Waals surface area contributed by atoms with Crippen LogP contribution in [0.4, 0.5) is 4.79 Å². The first-order chi connectivity index (χ1) is 35.5. The summed E-state index contributed by atoms with van der Waals surface area (Å²) in [6.45, 7) is 13.8. The number of carbonyl (C=O) groups excluding carboxylic acids is 2. The number of aryl methyl sites for hydroxylation is 4. The molecule has 0 saturated heterocycles. The van der Waals surface area contributed by atoms with Crippen LogP contribution in [0.3, 0.4) is 0 Å². The number of nitrogens with one attached hydrogen (secondary N) is 1. The Morgan fingerprint density at radius 2 is 0.907 bits per heavy atom. The Balaban J connectivity index is 0.000000197. The van der Waals surface area contributed by atoms with Crippen molar-refractivity contribution in [3.05, 3.63) is 244 Å². The quantitative estimate of drug-likeness (QED) is 0.0568. The standard InChI is InChI=1S/C15H21NO2.C10H11NO2.C10H13N.C9H9NO2.C8H7NO3.C7H6O2/c1-10-5-7-11(8-6-10)12-9-13(12)16-14(17)18-15(2,3)4;1-7-2-4-8(5-3-7)9-6-10(9)11(12)13;1-7-2-4-8(5-3-7)9-6-10(9)11;1-8-2-4-9(5-3-8)6-7-10(11)12;10-8-3-1-7(2-4-8)5-6-9(11)12;8-5-6-1-3-7(9)4-2-6/h5-8,12-13H,9H2,1-4H3,(H,16,17);2-5,9-10H,6H2,1H3;2-5,9-10H,6,11H2,1H3;2-7H,1H3;1-6,10H;1-5,9H/b;;;7-6+;6-5+;/t12-,13+;2*9-,10+;;;/m000.../s1. The van der Waals surface area contributed by atoms with Crippen LogP contribution in [0, 0.1) is 58.0 Å². The Morgan fingerprint density at radius 1 is 0.560 bits per heavy atom. The third kappa shape index (κ3) is 23.3. The minimum absolute atomic E-state index is 0.147. The first kappa shape index (κ1) is 59.1. The number of amides is 1. The number of phenols is 2. The lowest BCUT2D eigenvalue weighted by Gasteiger charge is -2.19. The van der Waals surface area contributed by atoms with Crippen molar-refractivity contribution in [1.29, 1.82) is 0 Å². The topological polar surface area (TPSA) is 251 Å². The fraction of sp³-hybridized carbons (Fsp3) is 0.288. The predicted octanol–water partition coefficient (Wildman–Crippen LogP) is 12.4. The average molecular weight is 1020 g/mol. The Kier molecular flexibility index (Phi) is 22.6. The van der Waals surface area contributed by atoms with Crippen LogP contribution in [-0.2, 0) is 4.74 Å². The van der Waals surface area contributed by atoms with E-state index in [1.165, 1.54) is 70.7 Å². The molecule has 6 atom stereocenters. The molecule has 0 radical (unpaired) electrons. The number of rotatable bonds is 10. The zero-order valence-corrected chi connectivity index (χ0v) is 43.3. The van der Waals surface area contributed by atoms with E-state index in [4.69, 9.17) is 20.7 Å². The summed E-state index contributed by atoms with van der Waals surface area (Å²) in [4.78, 5) is 50.7. The highest BCUT2D eigenvalue weighted by Gasteiger charge is 2.49. The van der Waals surface area contributed by atoms with E-state index in [0.717, 1.165) is 41.8 Å². The molecule has 394 valence electrons. The van der Waals surface area contributed by atoms with Crippen LogP contribution in [0.25, 0.3) is 12.2 Å². The zero-order chi connectivity index (χ0) is 55.2. The van der Waals surface area contributed by atoms with Crippen molar-refractivity contribution in [3.63, 3.8) is 0 Å². The number of carbonyl (C=O) groups is 2. The molecule has 3 aliphatic carbocycles. The van der Waals surface area contributed by atoms with Gasteiger partial charge in [0.1, 0.15) is 23.4 Å². The SMILES string of the molecule is Cc1ccc(/C=C/[N+](=O)[O-])cc1.Cc1ccc([C@@H]2C[C@H]2N)cc1.Cc1ccc([C@@H]2C[C@H]2NC(=O)OC(C)(C)C)cc1.Cc1ccc([C@@H]2C[C@H]2[N+](=O)[O-])cc1.O=Cc1ccc(O)cc1.O=[N+]([O-])/C=C/c1ccc(O)cc1. The summed E-state index contributed by atoms with van der Waals surface area (Å²) in [5, 5.41) is 50.8. The molecule has 6 aromatic rings. The lowest BCUT2D eigenvalue weighted by atomic mass is 10.1. The van der Waals surface area contributed by atoms with Crippen LogP contribution >= 0.6 is 0 Å². The van der Waals surface area contributed by atoms with Gasteiger partial charge in [-0.05, 0) is 126 Å². The van der Waals surface area contributed by atoms with Gasteiger partial charge in [0.2, 0.25) is 18.4 Å². The van der Waals surface area contributed by atoms with Gasteiger partial charge >= 0.3 is 6.09 Å². The van der Waals surface area contributed by atoms with E-state index >= 15 is 0 Å². The van der Waals surface area contributed by atoms with Gasteiger partial charge < -0.3 is 26.0 Å². The molecule has 0 aliphatic heterocycles. The molecule has 3 aliphatic rings. The number of aldehydes is 1. The van der Waals surface area contributed by atoms with Gasteiger partial charge in [-0.1, -0.05) is 131 Å². The summed E-state index contributed by atoms with van der Waals surface area (Å²) in [5.41, 5.74) is 16.1. The highest BCUT2D eigenvalue weighted by Crippen LogP contribution is 2.43. The monoisotopic (exact) mass is 1020 g/mol. The molecule has 0 spiro atoms. The molecule has 3 saturated carbocycles. The molecule has 0 unspecified atom stereocenters. The lowest BCUT2D eigenvalue weighted by Crippen LogP contribution is -2.34. The number of nitrogens with zero attached hydrogens (tertiary/aromatic N) is 3. The average Bonchev–Trinajstić information content (AvgIpc) is 4.29. The van der Waals surface area contributed by atoms with Crippen molar-refractivity contribution in [2.45, 2.75) is 109 Å². The summed E-state index contributed by atoms with van der Waals surface area (Å²) in [6, 6.07) is 45.2. The second-order valence-corrected chi connectivity index (χ2v) is 19.4. The number of hydrogen-bond acceptors (Lipinski definition) is 12. The van der Waals surface area contributed by atoms with Gasteiger partial charge in [0.15, 0.2) is 0 Å². The smallest absolute Gasteiger partial charge is 0.407 e. The van der Waals surface area contributed by atoms with E-state index < -0.39 is 15.4 Å². The molecule has 75 heavy (non-hydrogen) atoms. The Labute approximate surface area is 438 Å². The second-order valence-electron chi connectivity index (χ2n) is 19.4. The second kappa shape index (κ2) is 28.7. The third-order valence-electron chi connectivity index (χ3n) is 11.7. The van der Waals surface area contributed by atoms with Gasteiger partial charge in [0.05, 0.1) is 15.8 Å². The van der Waals surface area contributed by atoms with E-state index in [0.29, 0.717) is 35.4 Å². The zero-order valence-electron chi connectivity index (χ0n) is 43.3. The van der Waals surface area contributed by atoms with E-state index in [1.54, 1.807) is 24.3 Å². The molecule has 1 amide bonds. The number of alkyl carbamates (subject to hydrolysis) is 1. The molecule has 6 aromatic carbocycles. The Hall–Kier alpha value is -8.50. The molecule has 0 aromatic heterocycles. The summed E-state index contributed by atoms with van der Waals surface area (Å²) in [6.07, 6.45) is 7.92. The Bertz CT molecular complexity index is 2760. The summed E-state index contributed by atoms with van der Waals surface area (Å²) in [7, 11) is 0. The minimum Gasteiger partial charge on any atom is -0.508 e.